The first kappa shape index (κ1) is 9.91. The van der Waals surface area contributed by atoms with Crippen LogP contribution in [-0.4, -0.2) is 5.78 Å². The third-order valence-corrected chi connectivity index (χ3v) is 3.53. The zero-order valence-corrected chi connectivity index (χ0v) is 9.75. The van der Waals surface area contributed by atoms with Crippen LogP contribution in [0.1, 0.15) is 31.2 Å². The van der Waals surface area contributed by atoms with Gasteiger partial charge in [-0.15, -0.1) is 0 Å². The molecule has 1 aromatic rings. The van der Waals surface area contributed by atoms with Gasteiger partial charge in [0.2, 0.25) is 0 Å². The molecule has 2 heteroatoms. The van der Waals surface area contributed by atoms with Crippen molar-refractivity contribution in [2.45, 2.75) is 25.7 Å². The molecular formula is C12H13BrO. The Morgan fingerprint density at radius 1 is 1.50 bits per heavy atom. The van der Waals surface area contributed by atoms with Crippen molar-refractivity contribution in [1.82, 2.24) is 0 Å². The first-order chi connectivity index (χ1) is 6.72. The first-order valence-corrected chi connectivity index (χ1v) is 5.80. The number of benzene rings is 1. The van der Waals surface area contributed by atoms with Gasteiger partial charge in [0.1, 0.15) is 5.78 Å². The van der Waals surface area contributed by atoms with Gasteiger partial charge >= 0.3 is 0 Å². The van der Waals surface area contributed by atoms with Crippen LogP contribution in [0.15, 0.2) is 28.7 Å². The summed E-state index contributed by atoms with van der Waals surface area (Å²) < 4.78 is 1.10. The second-order valence-corrected chi connectivity index (χ2v) is 4.76. The van der Waals surface area contributed by atoms with E-state index in [-0.39, 0.29) is 5.92 Å². The van der Waals surface area contributed by atoms with E-state index in [1.165, 1.54) is 5.56 Å². The highest BCUT2D eigenvalue weighted by Gasteiger charge is 2.38. The highest BCUT2D eigenvalue weighted by atomic mass is 79.9. The van der Waals surface area contributed by atoms with Crippen molar-refractivity contribution in [2.24, 2.45) is 5.92 Å². The fourth-order valence-corrected chi connectivity index (χ4v) is 2.59. The lowest BCUT2D eigenvalue weighted by molar-refractivity contribution is -0.131. The SMILES string of the molecule is CCC1C(=O)CC1c1cccc(Br)c1. The standard InChI is InChI=1S/C12H13BrO/c1-2-10-11(7-12(10)14)8-4-3-5-9(13)6-8/h3-6,10-11H,2,7H2,1H3. The number of carbonyl (C=O) groups is 1. The molecule has 0 amide bonds. The van der Waals surface area contributed by atoms with E-state index in [1.807, 2.05) is 12.1 Å². The Morgan fingerprint density at radius 2 is 2.29 bits per heavy atom. The summed E-state index contributed by atoms with van der Waals surface area (Å²) in [4.78, 5) is 11.3. The van der Waals surface area contributed by atoms with Crippen molar-refractivity contribution < 1.29 is 4.79 Å². The van der Waals surface area contributed by atoms with Crippen LogP contribution in [0.5, 0.6) is 0 Å². The van der Waals surface area contributed by atoms with Crippen molar-refractivity contribution in [2.75, 3.05) is 0 Å². The summed E-state index contributed by atoms with van der Waals surface area (Å²) in [6.45, 7) is 2.09. The van der Waals surface area contributed by atoms with Gasteiger partial charge in [0, 0.05) is 22.7 Å². The van der Waals surface area contributed by atoms with Crippen LogP contribution in [0.4, 0.5) is 0 Å². The summed E-state index contributed by atoms with van der Waals surface area (Å²) in [5, 5.41) is 0. The molecule has 0 N–H and O–H groups in total. The number of carbonyl (C=O) groups excluding carboxylic acids is 1. The lowest BCUT2D eigenvalue weighted by Gasteiger charge is -2.34. The van der Waals surface area contributed by atoms with E-state index in [1.54, 1.807) is 0 Å². The van der Waals surface area contributed by atoms with E-state index in [0.29, 0.717) is 11.7 Å². The van der Waals surface area contributed by atoms with E-state index < -0.39 is 0 Å². The van der Waals surface area contributed by atoms with Crippen LogP contribution in [0, 0.1) is 5.92 Å². The van der Waals surface area contributed by atoms with Crippen LogP contribution in [0.2, 0.25) is 0 Å². The quantitative estimate of drug-likeness (QED) is 0.787. The Balaban J connectivity index is 2.20. The molecule has 1 aliphatic rings. The number of ketones is 1. The van der Waals surface area contributed by atoms with Gasteiger partial charge in [0.05, 0.1) is 0 Å². The zero-order chi connectivity index (χ0) is 10.1. The molecule has 2 unspecified atom stereocenters. The molecule has 0 heterocycles. The van der Waals surface area contributed by atoms with Crippen LogP contribution in [-0.2, 0) is 4.79 Å². The Morgan fingerprint density at radius 3 is 2.86 bits per heavy atom. The topological polar surface area (TPSA) is 17.1 Å². The molecule has 0 radical (unpaired) electrons. The monoisotopic (exact) mass is 252 g/mol. The summed E-state index contributed by atoms with van der Waals surface area (Å²) in [5.41, 5.74) is 1.30. The van der Waals surface area contributed by atoms with Crippen molar-refractivity contribution in [1.29, 1.82) is 0 Å². The third kappa shape index (κ3) is 1.63. The lowest BCUT2D eigenvalue weighted by Crippen LogP contribution is -2.34. The van der Waals surface area contributed by atoms with E-state index in [4.69, 9.17) is 0 Å². The van der Waals surface area contributed by atoms with Gasteiger partial charge in [0.25, 0.3) is 0 Å². The number of halogens is 1. The van der Waals surface area contributed by atoms with Gasteiger partial charge in [-0.05, 0) is 24.1 Å². The number of hydrogen-bond donors (Lipinski definition) is 0. The van der Waals surface area contributed by atoms with E-state index in [0.717, 1.165) is 17.3 Å². The van der Waals surface area contributed by atoms with Gasteiger partial charge in [-0.2, -0.15) is 0 Å². The summed E-state index contributed by atoms with van der Waals surface area (Å²) in [6, 6.07) is 8.30. The predicted octanol–water partition coefficient (Wildman–Crippen LogP) is 3.53. The molecule has 1 aromatic carbocycles. The van der Waals surface area contributed by atoms with Crippen LogP contribution in [0.25, 0.3) is 0 Å². The largest absolute Gasteiger partial charge is 0.299 e. The van der Waals surface area contributed by atoms with Crippen LogP contribution >= 0.6 is 15.9 Å². The van der Waals surface area contributed by atoms with Crippen molar-refractivity contribution >= 4 is 21.7 Å². The van der Waals surface area contributed by atoms with Gasteiger partial charge in [-0.1, -0.05) is 35.0 Å². The predicted molar refractivity (Wildman–Crippen MR) is 60.3 cm³/mol. The Kier molecular flexibility index (Phi) is 2.73. The molecule has 0 bridgehead atoms. The average Bonchev–Trinajstić information content (AvgIpc) is 2.14. The van der Waals surface area contributed by atoms with E-state index >= 15 is 0 Å². The molecule has 1 nitrogen and oxygen atoms in total. The Labute approximate surface area is 92.6 Å². The van der Waals surface area contributed by atoms with E-state index in [9.17, 15) is 4.79 Å². The van der Waals surface area contributed by atoms with Gasteiger partial charge in [0.15, 0.2) is 0 Å². The molecule has 0 aromatic heterocycles. The smallest absolute Gasteiger partial charge is 0.137 e. The minimum atomic E-state index is 0.268. The Bertz CT molecular complexity index is 359. The maximum absolute atomic E-state index is 11.3. The molecule has 0 saturated heterocycles. The van der Waals surface area contributed by atoms with Crippen LogP contribution in [0.3, 0.4) is 0 Å². The molecule has 1 fully saturated rings. The van der Waals surface area contributed by atoms with Crippen molar-refractivity contribution in [3.05, 3.63) is 34.3 Å². The lowest BCUT2D eigenvalue weighted by atomic mass is 9.68. The molecule has 14 heavy (non-hydrogen) atoms. The zero-order valence-electron chi connectivity index (χ0n) is 8.16. The molecule has 1 saturated carbocycles. The number of rotatable bonds is 2. The van der Waals surface area contributed by atoms with Crippen molar-refractivity contribution in [3.8, 4) is 0 Å². The highest BCUT2D eigenvalue weighted by molar-refractivity contribution is 9.10. The van der Waals surface area contributed by atoms with Gasteiger partial charge in [-0.3, -0.25) is 4.79 Å². The maximum atomic E-state index is 11.3. The normalized spacial score (nSPS) is 26.0. The second kappa shape index (κ2) is 3.85. The fraction of sp³-hybridized carbons (Fsp3) is 0.417. The van der Waals surface area contributed by atoms with Gasteiger partial charge in [-0.25, -0.2) is 0 Å². The first-order valence-electron chi connectivity index (χ1n) is 5.00. The average molecular weight is 253 g/mol. The highest BCUT2D eigenvalue weighted by Crippen LogP contribution is 2.41. The molecule has 1 aliphatic carbocycles. The summed E-state index contributed by atoms with van der Waals surface area (Å²) in [6.07, 6.45) is 1.70. The van der Waals surface area contributed by atoms with Gasteiger partial charge < -0.3 is 0 Å². The second-order valence-electron chi connectivity index (χ2n) is 3.85. The number of Topliss-reactive ketones (excluding diaryl/α,β-unsaturated/α-hetero) is 1. The maximum Gasteiger partial charge on any atom is 0.137 e. The van der Waals surface area contributed by atoms with Crippen LogP contribution < -0.4 is 0 Å². The molecule has 0 aliphatic heterocycles. The molecular weight excluding hydrogens is 240 g/mol. The summed E-state index contributed by atoms with van der Waals surface area (Å²) in [7, 11) is 0. The number of hydrogen-bond acceptors (Lipinski definition) is 1. The van der Waals surface area contributed by atoms with Crippen molar-refractivity contribution in [3.63, 3.8) is 0 Å². The summed E-state index contributed by atoms with van der Waals surface area (Å²) in [5.74, 6) is 1.16. The Hall–Kier alpha value is -0.630. The fourth-order valence-electron chi connectivity index (χ4n) is 2.17. The third-order valence-electron chi connectivity index (χ3n) is 3.04. The minimum absolute atomic E-state index is 0.268. The minimum Gasteiger partial charge on any atom is -0.299 e. The summed E-state index contributed by atoms with van der Waals surface area (Å²) >= 11 is 3.46. The molecule has 2 rings (SSSR count). The molecule has 74 valence electrons. The van der Waals surface area contributed by atoms with E-state index in [2.05, 4.69) is 35.0 Å². The molecule has 2 atom stereocenters. The molecule has 0 spiro atoms.